The van der Waals surface area contributed by atoms with Crippen LogP contribution in [0.25, 0.3) is 0 Å². The van der Waals surface area contributed by atoms with Crippen LogP contribution in [0, 0.1) is 0 Å². The fourth-order valence-corrected chi connectivity index (χ4v) is 5.53. The third kappa shape index (κ3) is 4.76. The number of carbonyl (C=O) groups excluding carboxylic acids is 2. The second-order valence-corrected chi connectivity index (χ2v) is 9.47. The van der Waals surface area contributed by atoms with Crippen molar-refractivity contribution in [1.82, 2.24) is 10.2 Å². The van der Waals surface area contributed by atoms with Gasteiger partial charge < -0.3 is 33.9 Å². The van der Waals surface area contributed by atoms with Crippen LogP contribution in [0.3, 0.4) is 0 Å². The van der Waals surface area contributed by atoms with Gasteiger partial charge in [0.1, 0.15) is 11.5 Å². The number of allylic oxidation sites excluding steroid dienone is 1. The van der Waals surface area contributed by atoms with Crippen LogP contribution in [0.4, 0.5) is 0 Å². The summed E-state index contributed by atoms with van der Waals surface area (Å²) < 4.78 is 27.0. The Morgan fingerprint density at radius 1 is 1.11 bits per heavy atom. The summed E-state index contributed by atoms with van der Waals surface area (Å²) in [7, 11) is 4.47. The molecule has 0 saturated carbocycles. The number of aliphatic imine (C=N–C) groups is 1. The lowest BCUT2D eigenvalue weighted by atomic mass is 9.93. The summed E-state index contributed by atoms with van der Waals surface area (Å²) >= 11 is 1.40. The molecule has 198 valence electrons. The Morgan fingerprint density at radius 2 is 1.92 bits per heavy atom. The van der Waals surface area contributed by atoms with Crippen LogP contribution in [0.15, 0.2) is 63.8 Å². The molecule has 0 aliphatic carbocycles. The van der Waals surface area contributed by atoms with Crippen molar-refractivity contribution in [2.24, 2.45) is 4.99 Å². The van der Waals surface area contributed by atoms with E-state index >= 15 is 0 Å². The second-order valence-electron chi connectivity index (χ2n) is 8.63. The molecule has 0 saturated heterocycles. The van der Waals surface area contributed by atoms with E-state index in [1.807, 2.05) is 34.6 Å². The Balaban J connectivity index is 1.42. The molecular weight excluding hydrogens is 510 g/mol. The number of ether oxygens (including phenoxy) is 5. The standard InChI is InChI=1S/C27H27N3O7S/c1-15-24(26(32)35-4)25(19-11-18(33-2)6-8-20(19)34-3)30-17(13-38-27(30)29-15)10-23(31)28-12-16-5-7-21-22(9-16)37-14-36-21/h5-9,11,13,25H,10,12,14H2,1-4H3,(H,28,31)/t25-/m0/s1. The van der Waals surface area contributed by atoms with Crippen LogP contribution < -0.4 is 24.3 Å². The number of fused-ring (bicyclic) bond motifs is 2. The molecular formula is C27H27N3O7S. The highest BCUT2D eigenvalue weighted by Crippen LogP contribution is 2.47. The van der Waals surface area contributed by atoms with Gasteiger partial charge in [-0.2, -0.15) is 0 Å². The van der Waals surface area contributed by atoms with E-state index < -0.39 is 12.0 Å². The lowest BCUT2D eigenvalue weighted by Crippen LogP contribution is -2.38. The van der Waals surface area contributed by atoms with Gasteiger partial charge in [-0.1, -0.05) is 17.8 Å². The quantitative estimate of drug-likeness (QED) is 0.502. The molecule has 0 bridgehead atoms. The van der Waals surface area contributed by atoms with E-state index in [1.165, 1.54) is 18.9 Å². The van der Waals surface area contributed by atoms with Crippen molar-refractivity contribution >= 4 is 28.8 Å². The summed E-state index contributed by atoms with van der Waals surface area (Å²) in [6.45, 7) is 2.29. The maximum atomic E-state index is 13.1. The molecule has 1 amide bonds. The van der Waals surface area contributed by atoms with Crippen molar-refractivity contribution in [2.45, 2.75) is 25.9 Å². The molecule has 0 unspecified atom stereocenters. The zero-order chi connectivity index (χ0) is 26.8. The van der Waals surface area contributed by atoms with Gasteiger partial charge in [0.2, 0.25) is 12.7 Å². The molecule has 2 aromatic rings. The molecule has 1 atom stereocenters. The molecule has 2 aromatic carbocycles. The first kappa shape index (κ1) is 25.5. The van der Waals surface area contributed by atoms with E-state index in [0.717, 1.165) is 5.56 Å². The number of methoxy groups -OCH3 is 3. The third-order valence-electron chi connectivity index (χ3n) is 6.41. The SMILES string of the molecule is COC(=O)C1=C(C)N=C2SC=C(CC(=O)NCc3ccc4c(c3)OCO4)N2[C@H]1c1cc(OC)ccc1OC. The highest BCUT2D eigenvalue weighted by Gasteiger charge is 2.42. The summed E-state index contributed by atoms with van der Waals surface area (Å²) in [6, 6.07) is 10.3. The van der Waals surface area contributed by atoms with Crippen molar-refractivity contribution in [1.29, 1.82) is 0 Å². The Kier molecular flexibility index (Phi) is 7.19. The summed E-state index contributed by atoms with van der Waals surface area (Å²) in [5.74, 6) is 1.82. The first-order valence-corrected chi connectivity index (χ1v) is 12.7. The summed E-state index contributed by atoms with van der Waals surface area (Å²) in [5.41, 5.74) is 3.17. The minimum Gasteiger partial charge on any atom is -0.497 e. The topological polar surface area (TPSA) is 108 Å². The average molecular weight is 538 g/mol. The van der Waals surface area contributed by atoms with Crippen molar-refractivity contribution in [2.75, 3.05) is 28.1 Å². The molecule has 0 spiro atoms. The van der Waals surface area contributed by atoms with Crippen LogP contribution >= 0.6 is 11.8 Å². The molecule has 38 heavy (non-hydrogen) atoms. The van der Waals surface area contributed by atoms with Gasteiger partial charge in [-0.3, -0.25) is 4.79 Å². The van der Waals surface area contributed by atoms with E-state index in [-0.39, 0.29) is 19.1 Å². The van der Waals surface area contributed by atoms with Crippen LogP contribution in [0.5, 0.6) is 23.0 Å². The molecule has 10 nitrogen and oxygen atoms in total. The van der Waals surface area contributed by atoms with E-state index in [4.69, 9.17) is 23.7 Å². The number of nitrogens with one attached hydrogen (secondary N) is 1. The van der Waals surface area contributed by atoms with Crippen LogP contribution in [0.1, 0.15) is 30.5 Å². The zero-order valence-corrected chi connectivity index (χ0v) is 22.2. The van der Waals surface area contributed by atoms with Crippen LogP contribution in [-0.4, -0.2) is 50.1 Å². The van der Waals surface area contributed by atoms with Gasteiger partial charge in [-0.25, -0.2) is 9.79 Å². The Bertz CT molecular complexity index is 1380. The molecule has 3 aliphatic heterocycles. The second kappa shape index (κ2) is 10.7. The lowest BCUT2D eigenvalue weighted by Gasteiger charge is -2.36. The predicted octanol–water partition coefficient (Wildman–Crippen LogP) is 3.89. The van der Waals surface area contributed by atoms with Crippen molar-refractivity contribution in [3.63, 3.8) is 0 Å². The minimum atomic E-state index is -0.636. The number of esters is 1. The van der Waals surface area contributed by atoms with E-state index in [0.29, 0.717) is 57.2 Å². The third-order valence-corrected chi connectivity index (χ3v) is 7.29. The van der Waals surface area contributed by atoms with Crippen LogP contribution in [-0.2, 0) is 20.9 Å². The Labute approximate surface area is 224 Å². The van der Waals surface area contributed by atoms with E-state index in [2.05, 4.69) is 10.3 Å². The van der Waals surface area contributed by atoms with Gasteiger partial charge in [-0.05, 0) is 48.2 Å². The van der Waals surface area contributed by atoms with Gasteiger partial charge in [0.05, 0.1) is 45.1 Å². The van der Waals surface area contributed by atoms with E-state index in [1.54, 1.807) is 33.3 Å². The number of amides is 1. The Morgan fingerprint density at radius 3 is 2.68 bits per heavy atom. The predicted molar refractivity (Wildman–Crippen MR) is 141 cm³/mol. The van der Waals surface area contributed by atoms with Gasteiger partial charge in [-0.15, -0.1) is 0 Å². The van der Waals surface area contributed by atoms with Gasteiger partial charge >= 0.3 is 5.97 Å². The summed E-state index contributed by atoms with van der Waals surface area (Å²) in [5, 5.41) is 5.50. The molecule has 0 fully saturated rings. The zero-order valence-electron chi connectivity index (χ0n) is 21.4. The summed E-state index contributed by atoms with van der Waals surface area (Å²) in [6.07, 6.45) is 0.0762. The Hall–Kier alpha value is -4.12. The molecule has 1 N–H and O–H groups in total. The first-order chi connectivity index (χ1) is 18.4. The number of hydrogen-bond donors (Lipinski definition) is 1. The normalized spacial score (nSPS) is 17.5. The largest absolute Gasteiger partial charge is 0.497 e. The summed E-state index contributed by atoms with van der Waals surface area (Å²) in [4.78, 5) is 32.6. The number of thioether (sulfide) groups is 1. The highest BCUT2D eigenvalue weighted by molar-refractivity contribution is 8.16. The maximum Gasteiger partial charge on any atom is 0.338 e. The highest BCUT2D eigenvalue weighted by atomic mass is 32.2. The lowest BCUT2D eigenvalue weighted by molar-refractivity contribution is -0.136. The maximum absolute atomic E-state index is 13.1. The smallest absolute Gasteiger partial charge is 0.338 e. The fraction of sp³-hybridized carbons (Fsp3) is 0.296. The number of nitrogens with zero attached hydrogens (tertiary/aromatic N) is 2. The van der Waals surface area contributed by atoms with Crippen molar-refractivity contribution < 1.29 is 33.3 Å². The number of carbonyl (C=O) groups is 2. The van der Waals surface area contributed by atoms with Gasteiger partial charge in [0.25, 0.3) is 0 Å². The molecule has 5 rings (SSSR count). The van der Waals surface area contributed by atoms with Crippen molar-refractivity contribution in [3.05, 3.63) is 69.9 Å². The van der Waals surface area contributed by atoms with Gasteiger partial charge in [0.15, 0.2) is 16.7 Å². The average Bonchev–Trinajstić information content (AvgIpc) is 3.56. The molecule has 0 radical (unpaired) electrons. The molecule has 3 aliphatic rings. The van der Waals surface area contributed by atoms with E-state index in [9.17, 15) is 9.59 Å². The van der Waals surface area contributed by atoms with Gasteiger partial charge in [0, 0.05) is 17.8 Å². The van der Waals surface area contributed by atoms with Crippen LogP contribution in [0.2, 0.25) is 0 Å². The number of benzene rings is 2. The molecule has 11 heteroatoms. The monoisotopic (exact) mass is 537 g/mol. The number of rotatable bonds is 8. The minimum absolute atomic E-state index is 0.0762. The fourth-order valence-electron chi connectivity index (χ4n) is 4.57. The van der Waals surface area contributed by atoms with Crippen molar-refractivity contribution in [3.8, 4) is 23.0 Å². The molecule has 0 aromatic heterocycles. The number of hydrogen-bond acceptors (Lipinski definition) is 10. The number of amidine groups is 1. The molecule has 3 heterocycles. The first-order valence-electron chi connectivity index (χ1n) is 11.8.